The molecule has 0 aliphatic carbocycles. The van der Waals surface area contributed by atoms with Crippen LogP contribution < -0.4 is 9.47 Å². The number of hydrogen-bond donors (Lipinski definition) is 0. The summed E-state index contributed by atoms with van der Waals surface area (Å²) >= 11 is 0. The maximum atomic E-state index is 11.5. The quantitative estimate of drug-likeness (QED) is 0.729. The Morgan fingerprint density at radius 2 is 2.25 bits per heavy atom. The summed E-state index contributed by atoms with van der Waals surface area (Å²) in [6.07, 6.45) is 0. The van der Waals surface area contributed by atoms with Gasteiger partial charge in [-0.05, 0) is 26.0 Å². The SMILES string of the molecule is CCOc1ccc2c(c1C(C)=O)OCC2=O. The maximum absolute atomic E-state index is 11.5. The molecule has 0 spiro atoms. The van der Waals surface area contributed by atoms with Gasteiger partial charge in [0.15, 0.2) is 12.4 Å². The lowest BCUT2D eigenvalue weighted by Gasteiger charge is -2.10. The molecule has 0 atom stereocenters. The standard InChI is InChI=1S/C12H12O4/c1-3-15-10-5-4-8-9(14)6-16-12(8)11(10)7(2)13/h4-5H,3,6H2,1-2H3. The summed E-state index contributed by atoms with van der Waals surface area (Å²) in [7, 11) is 0. The second-order valence-electron chi connectivity index (χ2n) is 3.52. The van der Waals surface area contributed by atoms with Crippen LogP contribution in [0.15, 0.2) is 12.1 Å². The molecule has 4 heteroatoms. The molecule has 1 aliphatic rings. The number of benzene rings is 1. The van der Waals surface area contributed by atoms with E-state index in [9.17, 15) is 9.59 Å². The molecule has 1 aromatic rings. The Morgan fingerprint density at radius 3 is 2.88 bits per heavy atom. The highest BCUT2D eigenvalue weighted by Gasteiger charge is 2.28. The number of rotatable bonds is 3. The Bertz CT molecular complexity index is 462. The highest BCUT2D eigenvalue weighted by atomic mass is 16.5. The van der Waals surface area contributed by atoms with Crippen molar-refractivity contribution in [1.82, 2.24) is 0 Å². The summed E-state index contributed by atoms with van der Waals surface area (Å²) in [5, 5.41) is 0. The van der Waals surface area contributed by atoms with Crippen molar-refractivity contribution >= 4 is 11.6 Å². The van der Waals surface area contributed by atoms with Gasteiger partial charge in [0.05, 0.1) is 12.2 Å². The van der Waals surface area contributed by atoms with E-state index < -0.39 is 0 Å². The molecule has 0 aromatic heterocycles. The van der Waals surface area contributed by atoms with Gasteiger partial charge >= 0.3 is 0 Å². The van der Waals surface area contributed by atoms with Crippen LogP contribution in [0.5, 0.6) is 11.5 Å². The first kappa shape index (κ1) is 10.7. The van der Waals surface area contributed by atoms with Gasteiger partial charge in [-0.1, -0.05) is 0 Å². The van der Waals surface area contributed by atoms with Crippen molar-refractivity contribution in [2.24, 2.45) is 0 Å². The second-order valence-corrected chi connectivity index (χ2v) is 3.52. The number of Topliss-reactive ketones (excluding diaryl/α,β-unsaturated/α-hetero) is 2. The average Bonchev–Trinajstić information content (AvgIpc) is 2.60. The minimum absolute atomic E-state index is 0.00515. The van der Waals surface area contributed by atoms with Crippen LogP contribution in [-0.4, -0.2) is 24.8 Å². The van der Waals surface area contributed by atoms with Gasteiger partial charge in [0.25, 0.3) is 0 Å². The number of ketones is 2. The zero-order chi connectivity index (χ0) is 11.7. The van der Waals surface area contributed by atoms with Crippen molar-refractivity contribution in [3.05, 3.63) is 23.3 Å². The molecule has 0 N–H and O–H groups in total. The van der Waals surface area contributed by atoms with Gasteiger partial charge in [-0.3, -0.25) is 9.59 Å². The lowest BCUT2D eigenvalue weighted by atomic mass is 10.0. The summed E-state index contributed by atoms with van der Waals surface area (Å²) in [4.78, 5) is 23.0. The first-order valence-corrected chi connectivity index (χ1v) is 5.12. The molecule has 0 unspecified atom stereocenters. The van der Waals surface area contributed by atoms with Crippen molar-refractivity contribution in [3.63, 3.8) is 0 Å². The van der Waals surface area contributed by atoms with Crippen molar-refractivity contribution in [1.29, 1.82) is 0 Å². The van der Waals surface area contributed by atoms with Crippen molar-refractivity contribution < 1.29 is 19.1 Å². The molecule has 0 amide bonds. The third kappa shape index (κ3) is 1.56. The van der Waals surface area contributed by atoms with Gasteiger partial charge in [-0.2, -0.15) is 0 Å². The van der Waals surface area contributed by atoms with Crippen LogP contribution in [0, 0.1) is 0 Å². The molecule has 84 valence electrons. The summed E-state index contributed by atoms with van der Waals surface area (Å²) in [6, 6.07) is 3.29. The van der Waals surface area contributed by atoms with Crippen LogP contribution in [0.3, 0.4) is 0 Å². The first-order chi connectivity index (χ1) is 7.65. The summed E-state index contributed by atoms with van der Waals surface area (Å²) < 4.78 is 10.6. The van der Waals surface area contributed by atoms with Gasteiger partial charge < -0.3 is 9.47 Å². The highest BCUT2D eigenvalue weighted by Crippen LogP contribution is 2.36. The number of carbonyl (C=O) groups excluding carboxylic acids is 2. The molecule has 0 fully saturated rings. The zero-order valence-electron chi connectivity index (χ0n) is 9.20. The molecule has 1 aliphatic heterocycles. The number of ether oxygens (including phenoxy) is 2. The normalized spacial score (nSPS) is 13.2. The molecule has 0 saturated heterocycles. The summed E-state index contributed by atoms with van der Waals surface area (Å²) in [6.45, 7) is 3.74. The van der Waals surface area contributed by atoms with Gasteiger partial charge in [-0.15, -0.1) is 0 Å². The fourth-order valence-electron chi connectivity index (χ4n) is 1.76. The van der Waals surface area contributed by atoms with Gasteiger partial charge in [0.1, 0.15) is 17.1 Å². The van der Waals surface area contributed by atoms with Crippen molar-refractivity contribution in [2.75, 3.05) is 13.2 Å². The monoisotopic (exact) mass is 220 g/mol. The van der Waals surface area contributed by atoms with Gasteiger partial charge in [0, 0.05) is 0 Å². The predicted molar refractivity (Wildman–Crippen MR) is 57.4 cm³/mol. The maximum Gasteiger partial charge on any atom is 0.203 e. The Labute approximate surface area is 93.2 Å². The Balaban J connectivity index is 2.60. The molecular formula is C12H12O4. The molecule has 1 heterocycles. The van der Waals surface area contributed by atoms with Crippen molar-refractivity contribution in [3.8, 4) is 11.5 Å². The van der Waals surface area contributed by atoms with Crippen LogP contribution >= 0.6 is 0 Å². The fourth-order valence-corrected chi connectivity index (χ4v) is 1.76. The fraction of sp³-hybridized carbons (Fsp3) is 0.333. The Kier molecular flexibility index (Phi) is 2.64. The van der Waals surface area contributed by atoms with Crippen LogP contribution in [0.4, 0.5) is 0 Å². The second kappa shape index (κ2) is 3.96. The third-order valence-corrected chi connectivity index (χ3v) is 2.42. The van der Waals surface area contributed by atoms with E-state index in [0.29, 0.717) is 29.2 Å². The number of hydrogen-bond acceptors (Lipinski definition) is 4. The largest absolute Gasteiger partial charge is 0.493 e. The Hall–Kier alpha value is -1.84. The highest BCUT2D eigenvalue weighted by molar-refractivity contribution is 6.09. The molecule has 0 saturated carbocycles. The molecule has 1 aromatic carbocycles. The molecule has 0 bridgehead atoms. The van der Waals surface area contributed by atoms with E-state index in [2.05, 4.69) is 0 Å². The lowest BCUT2D eigenvalue weighted by Crippen LogP contribution is -2.03. The van der Waals surface area contributed by atoms with E-state index in [1.807, 2.05) is 6.92 Å². The predicted octanol–water partition coefficient (Wildman–Crippen LogP) is 1.86. The zero-order valence-corrected chi connectivity index (χ0v) is 9.20. The summed E-state index contributed by atoms with van der Waals surface area (Å²) in [5.74, 6) is 0.586. The third-order valence-electron chi connectivity index (χ3n) is 2.42. The minimum atomic E-state index is -0.157. The summed E-state index contributed by atoms with van der Waals surface area (Å²) in [5.41, 5.74) is 0.832. The lowest BCUT2D eigenvalue weighted by molar-refractivity contribution is 0.0954. The Morgan fingerprint density at radius 1 is 1.50 bits per heavy atom. The van der Waals surface area contributed by atoms with E-state index in [1.54, 1.807) is 12.1 Å². The van der Waals surface area contributed by atoms with E-state index in [1.165, 1.54) is 6.92 Å². The van der Waals surface area contributed by atoms with Gasteiger partial charge in [-0.25, -0.2) is 0 Å². The van der Waals surface area contributed by atoms with Crippen LogP contribution in [0.25, 0.3) is 0 Å². The van der Waals surface area contributed by atoms with Crippen LogP contribution in [0.1, 0.15) is 34.6 Å². The molecule has 2 rings (SSSR count). The first-order valence-electron chi connectivity index (χ1n) is 5.12. The van der Waals surface area contributed by atoms with E-state index in [0.717, 1.165) is 0 Å². The van der Waals surface area contributed by atoms with E-state index >= 15 is 0 Å². The molecule has 16 heavy (non-hydrogen) atoms. The average molecular weight is 220 g/mol. The van der Waals surface area contributed by atoms with Gasteiger partial charge in [0.2, 0.25) is 5.78 Å². The topological polar surface area (TPSA) is 52.6 Å². The molecule has 4 nitrogen and oxygen atoms in total. The number of fused-ring (bicyclic) bond motifs is 1. The van der Waals surface area contributed by atoms with Crippen LogP contribution in [0.2, 0.25) is 0 Å². The van der Waals surface area contributed by atoms with Crippen molar-refractivity contribution in [2.45, 2.75) is 13.8 Å². The van der Waals surface area contributed by atoms with E-state index in [4.69, 9.17) is 9.47 Å². The van der Waals surface area contributed by atoms with Crippen LogP contribution in [-0.2, 0) is 0 Å². The van der Waals surface area contributed by atoms with E-state index in [-0.39, 0.29) is 18.2 Å². The smallest absolute Gasteiger partial charge is 0.203 e. The molecular weight excluding hydrogens is 208 g/mol. The number of carbonyl (C=O) groups is 2. The minimum Gasteiger partial charge on any atom is -0.493 e. The molecule has 0 radical (unpaired) electrons.